The van der Waals surface area contributed by atoms with Crippen molar-refractivity contribution in [3.8, 4) is 0 Å². The standard InChI is InChI=1S/C18H27N3S2/c1-3-4-5-6-7-11-22-18-20-16(19)15-14-12(2)9-8-10-13(14)23-17(15)21-18/h12H,3-11H2,1-2H3,(H2,19,20,21)/t12-/m0/s1. The van der Waals surface area contributed by atoms with Crippen LogP contribution in [0.25, 0.3) is 10.2 Å². The Kier molecular flexibility index (Phi) is 5.81. The normalized spacial score (nSPS) is 17.6. The Labute approximate surface area is 147 Å². The van der Waals surface area contributed by atoms with Gasteiger partial charge in [0.2, 0.25) is 0 Å². The van der Waals surface area contributed by atoms with Gasteiger partial charge >= 0.3 is 0 Å². The number of rotatable bonds is 7. The number of unbranched alkanes of at least 4 members (excludes halogenated alkanes) is 4. The number of nitrogens with zero attached hydrogens (tertiary/aromatic N) is 2. The number of thioether (sulfide) groups is 1. The van der Waals surface area contributed by atoms with Gasteiger partial charge in [-0.15, -0.1) is 11.3 Å². The lowest BCUT2D eigenvalue weighted by Crippen LogP contribution is -2.05. The van der Waals surface area contributed by atoms with Crippen molar-refractivity contribution >= 4 is 39.1 Å². The molecule has 2 heterocycles. The Morgan fingerprint density at radius 3 is 2.87 bits per heavy atom. The zero-order valence-corrected chi connectivity index (χ0v) is 15.9. The summed E-state index contributed by atoms with van der Waals surface area (Å²) in [6.45, 7) is 4.56. The molecule has 5 heteroatoms. The summed E-state index contributed by atoms with van der Waals surface area (Å²) >= 11 is 3.60. The second-order valence-corrected chi connectivity index (χ2v) is 8.71. The summed E-state index contributed by atoms with van der Waals surface area (Å²) in [5.41, 5.74) is 7.74. The van der Waals surface area contributed by atoms with E-state index < -0.39 is 0 Å². The predicted octanol–water partition coefficient (Wildman–Crippen LogP) is 5.78. The van der Waals surface area contributed by atoms with Crippen LogP contribution in [-0.2, 0) is 6.42 Å². The molecule has 2 N–H and O–H groups in total. The van der Waals surface area contributed by atoms with Gasteiger partial charge in [-0.25, -0.2) is 9.97 Å². The highest BCUT2D eigenvalue weighted by Gasteiger charge is 2.24. The van der Waals surface area contributed by atoms with Crippen LogP contribution < -0.4 is 5.73 Å². The average Bonchev–Trinajstić information content (AvgIpc) is 2.91. The molecule has 2 aromatic heterocycles. The van der Waals surface area contributed by atoms with E-state index in [4.69, 9.17) is 10.7 Å². The summed E-state index contributed by atoms with van der Waals surface area (Å²) in [7, 11) is 0. The average molecular weight is 350 g/mol. The molecule has 1 atom stereocenters. The molecular formula is C18H27N3S2. The number of hydrogen-bond donors (Lipinski definition) is 1. The Bertz CT molecular complexity index is 666. The van der Waals surface area contributed by atoms with Crippen LogP contribution in [0.1, 0.15) is 75.2 Å². The summed E-state index contributed by atoms with van der Waals surface area (Å²) in [6.07, 6.45) is 10.3. The summed E-state index contributed by atoms with van der Waals surface area (Å²) in [4.78, 5) is 12.0. The van der Waals surface area contributed by atoms with Crippen LogP contribution in [-0.4, -0.2) is 15.7 Å². The first-order valence-corrected chi connectivity index (χ1v) is 10.7. The lowest BCUT2D eigenvalue weighted by Gasteiger charge is -2.18. The fourth-order valence-corrected chi connectivity index (χ4v) is 5.68. The number of aromatic nitrogens is 2. The van der Waals surface area contributed by atoms with E-state index in [2.05, 4.69) is 18.8 Å². The van der Waals surface area contributed by atoms with Crippen LogP contribution in [0, 0.1) is 0 Å². The molecule has 0 unspecified atom stereocenters. The van der Waals surface area contributed by atoms with Crippen LogP contribution in [0.3, 0.4) is 0 Å². The quantitative estimate of drug-likeness (QED) is 0.391. The Morgan fingerprint density at radius 1 is 1.22 bits per heavy atom. The topological polar surface area (TPSA) is 51.8 Å². The van der Waals surface area contributed by atoms with Gasteiger partial charge in [-0.05, 0) is 37.2 Å². The molecule has 1 aliphatic rings. The van der Waals surface area contributed by atoms with Gasteiger partial charge in [-0.2, -0.15) is 0 Å². The molecule has 23 heavy (non-hydrogen) atoms. The van der Waals surface area contributed by atoms with Crippen molar-refractivity contribution in [3.63, 3.8) is 0 Å². The number of anilines is 1. The number of nitrogens with two attached hydrogens (primary N) is 1. The fourth-order valence-electron chi connectivity index (χ4n) is 3.43. The molecule has 0 saturated carbocycles. The molecule has 0 aliphatic heterocycles. The molecule has 0 saturated heterocycles. The van der Waals surface area contributed by atoms with E-state index in [1.165, 1.54) is 61.8 Å². The van der Waals surface area contributed by atoms with Crippen LogP contribution in [0.2, 0.25) is 0 Å². The van der Waals surface area contributed by atoms with Gasteiger partial charge in [0.25, 0.3) is 0 Å². The summed E-state index contributed by atoms with van der Waals surface area (Å²) < 4.78 is 0. The monoisotopic (exact) mass is 349 g/mol. The van der Waals surface area contributed by atoms with Crippen molar-refractivity contribution in [3.05, 3.63) is 10.4 Å². The van der Waals surface area contributed by atoms with Gasteiger partial charge in [-0.3, -0.25) is 0 Å². The minimum atomic E-state index is 0.593. The third-order valence-electron chi connectivity index (χ3n) is 4.69. The van der Waals surface area contributed by atoms with E-state index >= 15 is 0 Å². The van der Waals surface area contributed by atoms with E-state index in [0.717, 1.165) is 21.1 Å². The van der Waals surface area contributed by atoms with Crippen LogP contribution in [0.15, 0.2) is 5.16 Å². The van der Waals surface area contributed by atoms with Gasteiger partial charge in [0.15, 0.2) is 5.16 Å². The van der Waals surface area contributed by atoms with Gasteiger partial charge in [0.1, 0.15) is 10.6 Å². The van der Waals surface area contributed by atoms with Crippen molar-refractivity contribution in [2.45, 2.75) is 76.3 Å². The van der Waals surface area contributed by atoms with E-state index in [-0.39, 0.29) is 0 Å². The predicted molar refractivity (Wildman–Crippen MR) is 103 cm³/mol. The minimum Gasteiger partial charge on any atom is -0.383 e. The molecule has 0 aromatic carbocycles. The fraction of sp³-hybridized carbons (Fsp3) is 0.667. The number of hydrogen-bond acceptors (Lipinski definition) is 5. The highest BCUT2D eigenvalue weighted by molar-refractivity contribution is 7.99. The molecule has 1 aliphatic carbocycles. The highest BCUT2D eigenvalue weighted by atomic mass is 32.2. The maximum Gasteiger partial charge on any atom is 0.190 e. The number of fused-ring (bicyclic) bond motifs is 3. The lowest BCUT2D eigenvalue weighted by atomic mass is 9.87. The molecule has 0 amide bonds. The van der Waals surface area contributed by atoms with Gasteiger partial charge in [0, 0.05) is 10.6 Å². The molecule has 3 nitrogen and oxygen atoms in total. The van der Waals surface area contributed by atoms with Crippen molar-refractivity contribution in [2.24, 2.45) is 0 Å². The summed E-state index contributed by atoms with van der Waals surface area (Å²) in [5.74, 6) is 2.38. The molecule has 0 spiro atoms. The number of thiophene rings is 1. The third kappa shape index (κ3) is 3.82. The van der Waals surface area contributed by atoms with Gasteiger partial charge < -0.3 is 5.73 Å². The van der Waals surface area contributed by atoms with E-state index in [1.807, 2.05) is 11.3 Å². The zero-order valence-electron chi connectivity index (χ0n) is 14.2. The van der Waals surface area contributed by atoms with Crippen LogP contribution in [0.5, 0.6) is 0 Å². The number of aryl methyl sites for hydroxylation is 1. The van der Waals surface area contributed by atoms with Gasteiger partial charge in [-0.1, -0.05) is 51.3 Å². The van der Waals surface area contributed by atoms with Crippen molar-refractivity contribution in [1.29, 1.82) is 0 Å². The Balaban J connectivity index is 1.72. The van der Waals surface area contributed by atoms with Crippen LogP contribution >= 0.6 is 23.1 Å². The largest absolute Gasteiger partial charge is 0.383 e. The second kappa shape index (κ2) is 7.84. The Morgan fingerprint density at radius 2 is 2.04 bits per heavy atom. The van der Waals surface area contributed by atoms with Crippen molar-refractivity contribution in [2.75, 3.05) is 11.5 Å². The maximum atomic E-state index is 6.30. The first kappa shape index (κ1) is 17.0. The smallest absolute Gasteiger partial charge is 0.190 e. The second-order valence-electron chi connectivity index (χ2n) is 6.57. The number of nitrogen functional groups attached to an aromatic ring is 1. The zero-order chi connectivity index (χ0) is 16.2. The summed E-state index contributed by atoms with van der Waals surface area (Å²) in [6, 6.07) is 0. The molecule has 0 fully saturated rings. The van der Waals surface area contributed by atoms with Crippen molar-refractivity contribution in [1.82, 2.24) is 9.97 Å². The van der Waals surface area contributed by atoms with E-state index in [0.29, 0.717) is 11.7 Å². The van der Waals surface area contributed by atoms with E-state index in [9.17, 15) is 0 Å². The third-order valence-corrected chi connectivity index (χ3v) is 6.78. The molecular weight excluding hydrogens is 322 g/mol. The van der Waals surface area contributed by atoms with E-state index in [1.54, 1.807) is 11.8 Å². The molecule has 0 bridgehead atoms. The lowest BCUT2D eigenvalue weighted by molar-refractivity contribution is 0.602. The molecule has 126 valence electrons. The molecule has 2 aromatic rings. The molecule has 0 radical (unpaired) electrons. The maximum absolute atomic E-state index is 6.30. The first-order valence-electron chi connectivity index (χ1n) is 8.92. The minimum absolute atomic E-state index is 0.593. The first-order chi connectivity index (χ1) is 11.2. The van der Waals surface area contributed by atoms with Crippen LogP contribution in [0.4, 0.5) is 5.82 Å². The molecule has 3 rings (SSSR count). The highest BCUT2D eigenvalue weighted by Crippen LogP contribution is 2.43. The van der Waals surface area contributed by atoms with Gasteiger partial charge in [0.05, 0.1) is 5.39 Å². The summed E-state index contributed by atoms with van der Waals surface area (Å²) in [5, 5.41) is 2.00. The SMILES string of the molecule is CCCCCCCSc1nc(N)c2c3c(sc2n1)CCC[C@@H]3C. The Hall–Kier alpha value is -0.810. The van der Waals surface area contributed by atoms with Crippen molar-refractivity contribution < 1.29 is 0 Å².